The summed E-state index contributed by atoms with van der Waals surface area (Å²) >= 11 is 12.4. The molecule has 5 rings (SSSR count). The van der Waals surface area contributed by atoms with Gasteiger partial charge in [0.1, 0.15) is 5.54 Å². The third-order valence-electron chi connectivity index (χ3n) is 7.22. The number of nitrogens with zero attached hydrogens (tertiary/aromatic N) is 4. The van der Waals surface area contributed by atoms with Gasteiger partial charge in [0.25, 0.3) is 5.91 Å². The van der Waals surface area contributed by atoms with Gasteiger partial charge < -0.3 is 5.11 Å². The Labute approximate surface area is 234 Å². The number of likely N-dealkylation sites (tertiary alicyclic amines) is 1. The molecular formula is C29H22Cl2N4O4. The molecule has 1 N–H and O–H groups in total. The first-order valence-corrected chi connectivity index (χ1v) is 12.7. The second-order valence-electron chi connectivity index (χ2n) is 9.49. The Morgan fingerprint density at radius 3 is 2.28 bits per heavy atom. The Morgan fingerprint density at radius 1 is 1.08 bits per heavy atom. The Bertz CT molecular complexity index is 1510. The number of benzene rings is 3. The topological polar surface area (TPSA) is 105 Å². The fraction of sp³-hybridized carbons (Fsp3) is 0.172. The van der Waals surface area contributed by atoms with Crippen molar-refractivity contribution in [3.63, 3.8) is 0 Å². The van der Waals surface area contributed by atoms with Crippen LogP contribution in [-0.2, 0) is 11.3 Å². The number of hydrogen-bond donors (Lipinski definition) is 1. The monoisotopic (exact) mass is 560 g/mol. The van der Waals surface area contributed by atoms with Gasteiger partial charge in [0, 0.05) is 41.8 Å². The summed E-state index contributed by atoms with van der Waals surface area (Å²) in [7, 11) is 0. The number of carbonyl (C=O) groups is 3. The molecule has 0 aliphatic carbocycles. The van der Waals surface area contributed by atoms with Crippen LogP contribution >= 0.6 is 23.2 Å². The molecule has 2 atom stereocenters. The Hall–Kier alpha value is -4.16. The van der Waals surface area contributed by atoms with Crippen LogP contribution in [0.15, 0.2) is 79.5 Å². The summed E-state index contributed by atoms with van der Waals surface area (Å²) in [6.45, 7) is 4.89. The number of aromatic carboxylic acids is 1. The lowest BCUT2D eigenvalue weighted by Gasteiger charge is -2.34. The number of anilines is 1. The maximum atomic E-state index is 14.3. The fourth-order valence-electron chi connectivity index (χ4n) is 5.49. The van der Waals surface area contributed by atoms with Crippen molar-refractivity contribution in [3.8, 4) is 6.07 Å². The first-order chi connectivity index (χ1) is 18.7. The average Bonchev–Trinajstić information content (AvgIpc) is 3.38. The fourth-order valence-corrected chi connectivity index (χ4v) is 6.00. The highest BCUT2D eigenvalue weighted by atomic mass is 35.5. The number of imide groups is 1. The van der Waals surface area contributed by atoms with Gasteiger partial charge in [-0.25, -0.2) is 14.5 Å². The van der Waals surface area contributed by atoms with E-state index < -0.39 is 29.4 Å². The molecule has 3 amide bonds. The predicted octanol–water partition coefficient (Wildman–Crippen LogP) is 5.51. The van der Waals surface area contributed by atoms with Crippen LogP contribution in [0, 0.1) is 11.3 Å². The van der Waals surface area contributed by atoms with Gasteiger partial charge in [-0.05, 0) is 53.6 Å². The first-order valence-electron chi connectivity index (χ1n) is 12.0. The van der Waals surface area contributed by atoms with Gasteiger partial charge in [-0.2, -0.15) is 5.26 Å². The van der Waals surface area contributed by atoms with Crippen molar-refractivity contribution in [1.82, 2.24) is 9.80 Å². The van der Waals surface area contributed by atoms with Crippen LogP contribution in [0.25, 0.3) is 0 Å². The summed E-state index contributed by atoms with van der Waals surface area (Å²) in [5, 5.41) is 19.1. The number of rotatable bonds is 6. The second-order valence-corrected chi connectivity index (χ2v) is 10.4. The molecule has 0 aromatic heterocycles. The van der Waals surface area contributed by atoms with E-state index in [0.29, 0.717) is 18.7 Å². The van der Waals surface area contributed by atoms with Gasteiger partial charge in [-0.15, -0.1) is 0 Å². The highest BCUT2D eigenvalue weighted by Gasteiger charge is 2.64. The highest BCUT2D eigenvalue weighted by Crippen LogP contribution is 2.47. The van der Waals surface area contributed by atoms with Gasteiger partial charge in [-0.1, -0.05) is 54.0 Å². The molecular weight excluding hydrogens is 539 g/mol. The predicted molar refractivity (Wildman–Crippen MR) is 147 cm³/mol. The van der Waals surface area contributed by atoms with E-state index >= 15 is 0 Å². The van der Waals surface area contributed by atoms with E-state index in [1.807, 2.05) is 0 Å². The number of amides is 3. The van der Waals surface area contributed by atoms with Crippen molar-refractivity contribution >= 4 is 46.8 Å². The van der Waals surface area contributed by atoms with Crippen LogP contribution in [0.2, 0.25) is 10.0 Å². The summed E-state index contributed by atoms with van der Waals surface area (Å²) in [5.74, 6) is -1.91. The van der Waals surface area contributed by atoms with Gasteiger partial charge >= 0.3 is 12.0 Å². The minimum Gasteiger partial charge on any atom is -0.478 e. The molecule has 1 spiro atoms. The smallest absolute Gasteiger partial charge is 0.336 e. The van der Waals surface area contributed by atoms with E-state index in [1.165, 1.54) is 41.4 Å². The number of urea groups is 1. The van der Waals surface area contributed by atoms with Crippen molar-refractivity contribution in [2.45, 2.75) is 18.0 Å². The lowest BCUT2D eigenvalue weighted by molar-refractivity contribution is -0.124. The van der Waals surface area contributed by atoms with E-state index in [9.17, 15) is 24.8 Å². The molecule has 2 fully saturated rings. The largest absolute Gasteiger partial charge is 0.478 e. The zero-order chi connectivity index (χ0) is 27.9. The van der Waals surface area contributed by atoms with E-state index in [1.54, 1.807) is 36.4 Å². The first kappa shape index (κ1) is 26.4. The molecule has 2 saturated heterocycles. The molecule has 196 valence electrons. The number of halogens is 2. The van der Waals surface area contributed by atoms with Gasteiger partial charge in [0.15, 0.2) is 0 Å². The lowest BCUT2D eigenvalue weighted by atomic mass is 9.80. The summed E-state index contributed by atoms with van der Waals surface area (Å²) < 4.78 is 0. The number of hydrogen-bond acceptors (Lipinski definition) is 5. The molecule has 0 unspecified atom stereocenters. The Kier molecular flexibility index (Phi) is 6.91. The minimum absolute atomic E-state index is 0.178. The number of carboxylic acids is 1. The molecule has 3 aromatic rings. The molecule has 3 aromatic carbocycles. The summed E-state index contributed by atoms with van der Waals surface area (Å²) in [6, 6.07) is 19.6. The van der Waals surface area contributed by atoms with Crippen molar-refractivity contribution in [2.75, 3.05) is 18.0 Å². The van der Waals surface area contributed by atoms with Gasteiger partial charge in [0.05, 0.1) is 22.9 Å². The van der Waals surface area contributed by atoms with E-state index in [-0.39, 0.29) is 27.8 Å². The maximum Gasteiger partial charge on any atom is 0.336 e. The molecule has 2 aliphatic heterocycles. The highest BCUT2D eigenvalue weighted by molar-refractivity contribution is 6.36. The van der Waals surface area contributed by atoms with Gasteiger partial charge in [0.2, 0.25) is 0 Å². The van der Waals surface area contributed by atoms with Crippen molar-refractivity contribution in [3.05, 3.63) is 112 Å². The molecule has 0 saturated carbocycles. The van der Waals surface area contributed by atoms with Crippen molar-refractivity contribution in [2.24, 2.45) is 0 Å². The quantitative estimate of drug-likeness (QED) is 0.398. The van der Waals surface area contributed by atoms with Crippen LogP contribution in [-0.4, -0.2) is 51.4 Å². The molecule has 39 heavy (non-hydrogen) atoms. The normalized spacial score (nSPS) is 21.0. The average molecular weight is 561 g/mol. The zero-order valence-corrected chi connectivity index (χ0v) is 22.1. The maximum absolute atomic E-state index is 14.3. The summed E-state index contributed by atoms with van der Waals surface area (Å²) in [6.07, 6.45) is 1.37. The van der Waals surface area contributed by atoms with Crippen LogP contribution in [0.4, 0.5) is 10.5 Å². The number of carbonyl (C=O) groups excluding carboxylic acids is 2. The standard InChI is InChI=1S/C29H22Cl2N4O4/c1-2-34-28(39)35(24-12-22(30)11-23(31)13-24)27(38)29(34)17-33(15-19-5-9-21(10-6-19)26(36)37)16-25(29)20-7-3-18(14-32)4-8-20/h2-13,25H,1,15-17H2,(H,36,37)/t25-,29+/m0/s1. The molecule has 0 radical (unpaired) electrons. The van der Waals surface area contributed by atoms with Crippen LogP contribution in [0.1, 0.15) is 33.0 Å². The van der Waals surface area contributed by atoms with Crippen LogP contribution in [0.3, 0.4) is 0 Å². The van der Waals surface area contributed by atoms with Gasteiger partial charge in [-0.3, -0.25) is 14.6 Å². The summed E-state index contributed by atoms with van der Waals surface area (Å²) in [5.41, 5.74) is 1.23. The minimum atomic E-state index is -1.33. The SMILES string of the molecule is C=CN1C(=O)N(c2cc(Cl)cc(Cl)c2)C(=O)[C@]12CN(Cc1ccc(C(=O)O)cc1)C[C@H]2c1ccc(C#N)cc1. The lowest BCUT2D eigenvalue weighted by Crippen LogP contribution is -2.53. The third-order valence-corrected chi connectivity index (χ3v) is 7.66. The van der Waals surface area contributed by atoms with E-state index in [0.717, 1.165) is 16.0 Å². The summed E-state index contributed by atoms with van der Waals surface area (Å²) in [4.78, 5) is 43.8. The van der Waals surface area contributed by atoms with Crippen molar-refractivity contribution in [1.29, 1.82) is 5.26 Å². The van der Waals surface area contributed by atoms with E-state index in [4.69, 9.17) is 23.2 Å². The Balaban J connectivity index is 1.58. The third kappa shape index (κ3) is 4.55. The molecule has 10 heteroatoms. The van der Waals surface area contributed by atoms with Crippen LogP contribution < -0.4 is 4.90 Å². The zero-order valence-electron chi connectivity index (χ0n) is 20.6. The second kappa shape index (κ2) is 10.2. The molecule has 8 nitrogen and oxygen atoms in total. The Morgan fingerprint density at radius 2 is 1.72 bits per heavy atom. The van der Waals surface area contributed by atoms with E-state index in [2.05, 4.69) is 17.5 Å². The molecule has 2 heterocycles. The number of nitriles is 1. The van der Waals surface area contributed by atoms with Crippen LogP contribution in [0.5, 0.6) is 0 Å². The number of carboxylic acid groups (broad SMARTS) is 1. The molecule has 0 bridgehead atoms. The molecule has 2 aliphatic rings. The van der Waals surface area contributed by atoms with Crippen molar-refractivity contribution < 1.29 is 19.5 Å².